The van der Waals surface area contributed by atoms with Crippen molar-refractivity contribution in [1.29, 1.82) is 0 Å². The van der Waals surface area contributed by atoms with Gasteiger partial charge < -0.3 is 10.2 Å². The van der Waals surface area contributed by atoms with Crippen molar-refractivity contribution in [2.75, 3.05) is 26.2 Å². The molecule has 2 atom stereocenters. The quantitative estimate of drug-likeness (QED) is 0.861. The second-order valence-corrected chi connectivity index (χ2v) is 6.26. The van der Waals surface area contributed by atoms with Crippen LogP contribution in [0.25, 0.3) is 0 Å². The van der Waals surface area contributed by atoms with Gasteiger partial charge in [-0.2, -0.15) is 0 Å². The number of nitrogens with one attached hydrogen (secondary N) is 1. The molecule has 18 heavy (non-hydrogen) atoms. The maximum atomic E-state index is 12.5. The molecule has 96 valence electrons. The number of likely N-dealkylation sites (tertiary alicyclic amines) is 1. The SMILES string of the molecule is Cc1ccc(Br)cc1C(=O)N1CC2CNCC2C1. The largest absolute Gasteiger partial charge is 0.338 e. The normalized spacial score (nSPS) is 26.4. The topological polar surface area (TPSA) is 32.3 Å². The number of hydrogen-bond donors (Lipinski definition) is 1. The molecule has 0 aliphatic carbocycles. The minimum atomic E-state index is 0.184. The Hall–Kier alpha value is -0.870. The number of benzene rings is 1. The van der Waals surface area contributed by atoms with E-state index in [9.17, 15) is 4.79 Å². The molecule has 1 amide bonds. The predicted octanol–water partition coefficient (Wildman–Crippen LogP) is 2.05. The first-order valence-electron chi connectivity index (χ1n) is 6.41. The minimum absolute atomic E-state index is 0.184. The molecule has 0 saturated carbocycles. The Morgan fingerprint density at radius 1 is 1.33 bits per heavy atom. The molecule has 1 N–H and O–H groups in total. The van der Waals surface area contributed by atoms with Crippen molar-refractivity contribution >= 4 is 21.8 Å². The number of fused-ring (bicyclic) bond motifs is 1. The van der Waals surface area contributed by atoms with Gasteiger partial charge in [0.2, 0.25) is 0 Å². The van der Waals surface area contributed by atoms with E-state index < -0.39 is 0 Å². The number of nitrogens with zero attached hydrogens (tertiary/aromatic N) is 1. The zero-order valence-corrected chi connectivity index (χ0v) is 12.0. The van der Waals surface area contributed by atoms with Crippen molar-refractivity contribution in [3.63, 3.8) is 0 Å². The van der Waals surface area contributed by atoms with Crippen LogP contribution < -0.4 is 5.32 Å². The molecule has 0 spiro atoms. The monoisotopic (exact) mass is 308 g/mol. The molecule has 2 aliphatic heterocycles. The first-order chi connectivity index (χ1) is 8.65. The van der Waals surface area contributed by atoms with Crippen LogP contribution in [0.2, 0.25) is 0 Å². The van der Waals surface area contributed by atoms with Gasteiger partial charge >= 0.3 is 0 Å². The van der Waals surface area contributed by atoms with E-state index in [4.69, 9.17) is 0 Å². The predicted molar refractivity (Wildman–Crippen MR) is 74.6 cm³/mol. The van der Waals surface area contributed by atoms with Gasteiger partial charge in [0.05, 0.1) is 0 Å². The molecule has 1 aromatic rings. The van der Waals surface area contributed by atoms with Gasteiger partial charge in [0.15, 0.2) is 0 Å². The summed E-state index contributed by atoms with van der Waals surface area (Å²) in [5.74, 6) is 1.49. The number of carbonyl (C=O) groups is 1. The summed E-state index contributed by atoms with van der Waals surface area (Å²) in [6.07, 6.45) is 0. The maximum absolute atomic E-state index is 12.5. The molecule has 0 aromatic heterocycles. The summed E-state index contributed by atoms with van der Waals surface area (Å²) in [4.78, 5) is 14.6. The van der Waals surface area contributed by atoms with E-state index in [1.165, 1.54) is 0 Å². The van der Waals surface area contributed by atoms with E-state index in [2.05, 4.69) is 21.2 Å². The second kappa shape index (κ2) is 4.67. The van der Waals surface area contributed by atoms with E-state index in [1.807, 2.05) is 30.0 Å². The van der Waals surface area contributed by atoms with Crippen LogP contribution in [-0.2, 0) is 0 Å². The average Bonchev–Trinajstić information content (AvgIpc) is 2.91. The van der Waals surface area contributed by atoms with E-state index in [0.717, 1.165) is 41.8 Å². The molecular weight excluding hydrogens is 292 g/mol. The molecule has 2 unspecified atom stereocenters. The van der Waals surface area contributed by atoms with Gasteiger partial charge in [-0.25, -0.2) is 0 Å². The lowest BCUT2D eigenvalue weighted by Gasteiger charge is -2.19. The van der Waals surface area contributed by atoms with Gasteiger partial charge in [0.1, 0.15) is 0 Å². The fourth-order valence-corrected chi connectivity index (χ4v) is 3.38. The first-order valence-corrected chi connectivity index (χ1v) is 7.20. The van der Waals surface area contributed by atoms with Crippen LogP contribution in [0.3, 0.4) is 0 Å². The van der Waals surface area contributed by atoms with Crippen molar-refractivity contribution < 1.29 is 4.79 Å². The van der Waals surface area contributed by atoms with Gasteiger partial charge in [-0.1, -0.05) is 22.0 Å². The van der Waals surface area contributed by atoms with E-state index in [0.29, 0.717) is 11.8 Å². The van der Waals surface area contributed by atoms with Gasteiger partial charge in [-0.3, -0.25) is 4.79 Å². The number of halogens is 1. The summed E-state index contributed by atoms with van der Waals surface area (Å²) in [5, 5.41) is 3.40. The highest BCUT2D eigenvalue weighted by atomic mass is 79.9. The Morgan fingerprint density at radius 3 is 2.67 bits per heavy atom. The zero-order valence-electron chi connectivity index (χ0n) is 10.4. The van der Waals surface area contributed by atoms with Crippen LogP contribution in [0.4, 0.5) is 0 Å². The highest BCUT2D eigenvalue weighted by molar-refractivity contribution is 9.10. The molecule has 0 radical (unpaired) electrons. The number of aryl methyl sites for hydroxylation is 1. The minimum Gasteiger partial charge on any atom is -0.338 e. The van der Waals surface area contributed by atoms with Crippen molar-refractivity contribution in [3.8, 4) is 0 Å². The molecule has 0 bridgehead atoms. The van der Waals surface area contributed by atoms with E-state index in [-0.39, 0.29) is 5.91 Å². The van der Waals surface area contributed by atoms with Crippen LogP contribution >= 0.6 is 15.9 Å². The zero-order chi connectivity index (χ0) is 12.7. The van der Waals surface area contributed by atoms with Crippen LogP contribution in [-0.4, -0.2) is 37.0 Å². The van der Waals surface area contributed by atoms with Crippen molar-refractivity contribution in [3.05, 3.63) is 33.8 Å². The Morgan fingerprint density at radius 2 is 2.00 bits per heavy atom. The van der Waals surface area contributed by atoms with Crippen LogP contribution in [0.1, 0.15) is 15.9 Å². The van der Waals surface area contributed by atoms with E-state index >= 15 is 0 Å². The molecule has 3 rings (SSSR count). The lowest BCUT2D eigenvalue weighted by Crippen LogP contribution is -2.32. The molecule has 2 heterocycles. The fraction of sp³-hybridized carbons (Fsp3) is 0.500. The third-order valence-corrected chi connectivity index (χ3v) is 4.60. The molecule has 1 aromatic carbocycles. The van der Waals surface area contributed by atoms with Crippen molar-refractivity contribution in [2.24, 2.45) is 11.8 Å². The average molecular weight is 309 g/mol. The summed E-state index contributed by atoms with van der Waals surface area (Å²) in [6, 6.07) is 5.91. The highest BCUT2D eigenvalue weighted by Crippen LogP contribution is 2.28. The summed E-state index contributed by atoms with van der Waals surface area (Å²) >= 11 is 3.44. The number of amides is 1. The molecular formula is C14H17BrN2O. The van der Waals surface area contributed by atoms with Gasteiger partial charge in [0.25, 0.3) is 5.91 Å². The molecule has 2 fully saturated rings. The standard InChI is InChI=1S/C14H17BrN2O/c1-9-2-3-12(15)4-13(9)14(18)17-7-10-5-16-6-11(10)8-17/h2-4,10-11,16H,5-8H2,1H3. The summed E-state index contributed by atoms with van der Waals surface area (Å²) in [6.45, 7) is 5.93. The van der Waals surface area contributed by atoms with Crippen molar-refractivity contribution in [2.45, 2.75) is 6.92 Å². The van der Waals surface area contributed by atoms with Crippen LogP contribution in [0.15, 0.2) is 22.7 Å². The fourth-order valence-electron chi connectivity index (χ4n) is 3.02. The van der Waals surface area contributed by atoms with Gasteiger partial charge in [-0.05, 0) is 36.5 Å². The van der Waals surface area contributed by atoms with Crippen LogP contribution in [0.5, 0.6) is 0 Å². The summed E-state index contributed by atoms with van der Waals surface area (Å²) in [7, 11) is 0. The van der Waals surface area contributed by atoms with E-state index in [1.54, 1.807) is 0 Å². The Balaban J connectivity index is 1.81. The number of hydrogen-bond acceptors (Lipinski definition) is 2. The lowest BCUT2D eigenvalue weighted by molar-refractivity contribution is 0.0781. The molecule has 2 saturated heterocycles. The third-order valence-electron chi connectivity index (χ3n) is 4.11. The smallest absolute Gasteiger partial charge is 0.254 e. The number of rotatable bonds is 1. The Labute approximate surface area is 116 Å². The van der Waals surface area contributed by atoms with Crippen LogP contribution in [0, 0.1) is 18.8 Å². The lowest BCUT2D eigenvalue weighted by atomic mass is 10.0. The Kier molecular flexibility index (Phi) is 3.16. The first kappa shape index (κ1) is 12.2. The highest BCUT2D eigenvalue weighted by Gasteiger charge is 2.38. The van der Waals surface area contributed by atoms with Crippen molar-refractivity contribution in [1.82, 2.24) is 10.2 Å². The molecule has 2 aliphatic rings. The number of carbonyl (C=O) groups excluding carboxylic acids is 1. The summed E-state index contributed by atoms with van der Waals surface area (Å²) < 4.78 is 0.970. The Bertz CT molecular complexity index is 477. The summed E-state index contributed by atoms with van der Waals surface area (Å²) in [5.41, 5.74) is 1.88. The van der Waals surface area contributed by atoms with Gasteiger partial charge in [-0.15, -0.1) is 0 Å². The molecule has 3 nitrogen and oxygen atoms in total. The molecule has 4 heteroatoms. The third kappa shape index (κ3) is 2.08. The van der Waals surface area contributed by atoms with Gasteiger partial charge in [0, 0.05) is 36.2 Å². The maximum Gasteiger partial charge on any atom is 0.254 e. The second-order valence-electron chi connectivity index (χ2n) is 5.35.